The van der Waals surface area contributed by atoms with E-state index in [9.17, 15) is 22.0 Å². The first-order valence-corrected chi connectivity index (χ1v) is 9.73. The monoisotopic (exact) mass is 409 g/mol. The number of sulfonamides is 1. The number of hydrogen-bond acceptors (Lipinski definition) is 4. The van der Waals surface area contributed by atoms with Crippen LogP contribution in [0.5, 0.6) is 0 Å². The van der Waals surface area contributed by atoms with Crippen LogP contribution in [0.15, 0.2) is 35.2 Å². The fourth-order valence-electron chi connectivity index (χ4n) is 3.22. The molecule has 2 aliphatic heterocycles. The summed E-state index contributed by atoms with van der Waals surface area (Å²) in [5.41, 5.74) is 0. The normalized spacial score (nSPS) is 23.5. The number of nitrogens with zero attached hydrogens (tertiary/aromatic N) is 1. The Balaban J connectivity index is 0.00000243. The third-order valence-corrected chi connectivity index (χ3v) is 6.13. The summed E-state index contributed by atoms with van der Waals surface area (Å²) in [6.45, 7) is 0.228. The number of piperidine rings is 1. The fourth-order valence-corrected chi connectivity index (χ4v) is 4.54. The van der Waals surface area contributed by atoms with E-state index in [-0.39, 0.29) is 29.3 Å². The van der Waals surface area contributed by atoms with E-state index in [1.54, 1.807) is 18.2 Å². The van der Waals surface area contributed by atoms with Crippen molar-refractivity contribution in [3.05, 3.63) is 30.3 Å². The van der Waals surface area contributed by atoms with Crippen LogP contribution in [0.25, 0.3) is 0 Å². The fraction of sp³-hybridized carbons (Fsp3) is 0.562. The van der Waals surface area contributed by atoms with Gasteiger partial charge in [-0.25, -0.2) is 21.9 Å². The lowest BCUT2D eigenvalue weighted by molar-refractivity contribution is -0.134. The molecule has 0 spiro atoms. The van der Waals surface area contributed by atoms with E-state index in [2.05, 4.69) is 10.0 Å². The molecule has 2 N–H and O–H groups in total. The summed E-state index contributed by atoms with van der Waals surface area (Å²) in [7, 11) is -3.59. The highest BCUT2D eigenvalue weighted by molar-refractivity contribution is 7.89. The standard InChI is InChI=1S/C16H21F2N3O3S.ClH/c17-16(18)10-14(19-11-16)15(22)21-8-6-12(7-9-21)20-25(23,24)13-4-2-1-3-5-13;/h1-5,12,14,19-20H,6-11H2;1H. The topological polar surface area (TPSA) is 78.5 Å². The largest absolute Gasteiger partial charge is 0.341 e. The predicted molar refractivity (Wildman–Crippen MR) is 95.0 cm³/mol. The van der Waals surface area contributed by atoms with Crippen LogP contribution in [-0.4, -0.2) is 56.9 Å². The molecule has 2 heterocycles. The zero-order valence-corrected chi connectivity index (χ0v) is 15.7. The number of hydrogen-bond donors (Lipinski definition) is 2. The minimum absolute atomic E-state index is 0. The third-order valence-electron chi connectivity index (χ3n) is 4.59. The van der Waals surface area contributed by atoms with Crippen molar-refractivity contribution in [1.29, 1.82) is 0 Å². The van der Waals surface area contributed by atoms with Crippen LogP contribution >= 0.6 is 12.4 Å². The molecule has 1 atom stereocenters. The molecule has 146 valence electrons. The number of carbonyl (C=O) groups is 1. The van der Waals surface area contributed by atoms with Gasteiger partial charge in [0, 0.05) is 25.6 Å². The van der Waals surface area contributed by atoms with Gasteiger partial charge in [0.25, 0.3) is 5.92 Å². The minimum Gasteiger partial charge on any atom is -0.341 e. The summed E-state index contributed by atoms with van der Waals surface area (Å²) < 4.78 is 53.7. The molecule has 1 aromatic rings. The lowest BCUT2D eigenvalue weighted by atomic mass is 10.0. The van der Waals surface area contributed by atoms with Crippen molar-refractivity contribution in [2.75, 3.05) is 19.6 Å². The number of benzene rings is 1. The molecule has 0 radical (unpaired) electrons. The van der Waals surface area contributed by atoms with Gasteiger partial charge in [-0.2, -0.15) is 0 Å². The van der Waals surface area contributed by atoms with Crippen molar-refractivity contribution in [3.8, 4) is 0 Å². The molecule has 2 fully saturated rings. The van der Waals surface area contributed by atoms with E-state index in [1.807, 2.05) is 0 Å². The molecular weight excluding hydrogens is 388 g/mol. The van der Waals surface area contributed by atoms with Gasteiger partial charge in [-0.15, -0.1) is 12.4 Å². The van der Waals surface area contributed by atoms with E-state index in [1.165, 1.54) is 17.0 Å². The van der Waals surface area contributed by atoms with E-state index in [0.29, 0.717) is 25.9 Å². The molecule has 0 aromatic heterocycles. The summed E-state index contributed by atoms with van der Waals surface area (Å²) in [6, 6.07) is 6.96. The molecule has 0 saturated carbocycles. The van der Waals surface area contributed by atoms with Crippen molar-refractivity contribution in [1.82, 2.24) is 14.9 Å². The Morgan fingerprint density at radius 1 is 1.19 bits per heavy atom. The van der Waals surface area contributed by atoms with Crippen molar-refractivity contribution < 1.29 is 22.0 Å². The van der Waals surface area contributed by atoms with Crippen LogP contribution in [0, 0.1) is 0 Å². The lowest BCUT2D eigenvalue weighted by Crippen LogP contribution is -2.50. The molecule has 0 aliphatic carbocycles. The second-order valence-corrected chi connectivity index (χ2v) is 8.24. The van der Waals surface area contributed by atoms with E-state index in [0.717, 1.165) is 0 Å². The number of amides is 1. The van der Waals surface area contributed by atoms with Gasteiger partial charge in [0.2, 0.25) is 15.9 Å². The Morgan fingerprint density at radius 2 is 1.81 bits per heavy atom. The van der Waals surface area contributed by atoms with Crippen molar-refractivity contribution in [2.45, 2.75) is 42.2 Å². The molecule has 0 bridgehead atoms. The molecule has 2 saturated heterocycles. The highest BCUT2D eigenvalue weighted by Crippen LogP contribution is 2.26. The Hall–Kier alpha value is -1.29. The first kappa shape index (κ1) is 21.0. The SMILES string of the molecule is Cl.O=C(C1CC(F)(F)CN1)N1CCC(NS(=O)(=O)c2ccccc2)CC1. The molecular formula is C16H22ClF2N3O3S. The number of likely N-dealkylation sites (tertiary alicyclic amines) is 1. The summed E-state index contributed by atoms with van der Waals surface area (Å²) in [4.78, 5) is 14.0. The molecule has 1 amide bonds. The maximum Gasteiger partial charge on any atom is 0.262 e. The first-order valence-electron chi connectivity index (χ1n) is 8.24. The van der Waals surface area contributed by atoms with Gasteiger partial charge in [-0.1, -0.05) is 18.2 Å². The maximum atomic E-state index is 13.2. The molecule has 6 nitrogen and oxygen atoms in total. The maximum absolute atomic E-state index is 13.2. The number of carbonyl (C=O) groups excluding carboxylic acids is 1. The first-order chi connectivity index (χ1) is 11.8. The number of alkyl halides is 2. The van der Waals surface area contributed by atoms with Gasteiger partial charge in [-0.3, -0.25) is 10.1 Å². The van der Waals surface area contributed by atoms with Gasteiger partial charge < -0.3 is 4.90 Å². The van der Waals surface area contributed by atoms with Crippen LogP contribution in [0.1, 0.15) is 19.3 Å². The van der Waals surface area contributed by atoms with Crippen LogP contribution in [0.2, 0.25) is 0 Å². The Labute approximate surface area is 157 Å². The number of rotatable bonds is 4. The molecule has 2 aliphatic rings. The van der Waals surface area contributed by atoms with E-state index in [4.69, 9.17) is 0 Å². The van der Waals surface area contributed by atoms with Gasteiger partial charge in [0.15, 0.2) is 0 Å². The van der Waals surface area contributed by atoms with E-state index >= 15 is 0 Å². The van der Waals surface area contributed by atoms with E-state index < -0.39 is 35.0 Å². The molecule has 26 heavy (non-hydrogen) atoms. The molecule has 10 heteroatoms. The van der Waals surface area contributed by atoms with Crippen LogP contribution in [-0.2, 0) is 14.8 Å². The van der Waals surface area contributed by atoms with Gasteiger partial charge >= 0.3 is 0 Å². The third kappa shape index (κ3) is 4.91. The van der Waals surface area contributed by atoms with Crippen molar-refractivity contribution in [3.63, 3.8) is 0 Å². The predicted octanol–water partition coefficient (Wildman–Crippen LogP) is 1.37. The quantitative estimate of drug-likeness (QED) is 0.787. The summed E-state index contributed by atoms with van der Waals surface area (Å²) >= 11 is 0. The number of nitrogens with one attached hydrogen (secondary N) is 2. The van der Waals surface area contributed by atoms with Crippen LogP contribution in [0.3, 0.4) is 0 Å². The second-order valence-electron chi connectivity index (χ2n) is 6.53. The number of halogens is 3. The minimum atomic E-state index is -3.59. The van der Waals surface area contributed by atoms with Crippen molar-refractivity contribution >= 4 is 28.3 Å². The van der Waals surface area contributed by atoms with Crippen LogP contribution < -0.4 is 10.0 Å². The van der Waals surface area contributed by atoms with Gasteiger partial charge in [0.1, 0.15) is 0 Å². The smallest absolute Gasteiger partial charge is 0.262 e. The zero-order chi connectivity index (χ0) is 18.1. The summed E-state index contributed by atoms with van der Waals surface area (Å²) in [6.07, 6.45) is 0.439. The average molecular weight is 410 g/mol. The summed E-state index contributed by atoms with van der Waals surface area (Å²) in [5.74, 6) is -3.18. The Bertz CT molecular complexity index is 726. The molecule has 3 rings (SSSR count). The Kier molecular flexibility index (Phi) is 6.60. The average Bonchev–Trinajstić information content (AvgIpc) is 2.95. The highest BCUT2D eigenvalue weighted by Gasteiger charge is 2.44. The zero-order valence-electron chi connectivity index (χ0n) is 14.0. The molecule has 1 unspecified atom stereocenters. The van der Waals surface area contributed by atoms with Crippen LogP contribution in [0.4, 0.5) is 8.78 Å². The Morgan fingerprint density at radius 3 is 2.35 bits per heavy atom. The van der Waals surface area contributed by atoms with Gasteiger partial charge in [-0.05, 0) is 25.0 Å². The second kappa shape index (κ2) is 8.16. The lowest BCUT2D eigenvalue weighted by Gasteiger charge is -2.33. The highest BCUT2D eigenvalue weighted by atomic mass is 35.5. The van der Waals surface area contributed by atoms with Gasteiger partial charge in [0.05, 0.1) is 17.5 Å². The summed E-state index contributed by atoms with van der Waals surface area (Å²) in [5, 5.41) is 2.56. The van der Waals surface area contributed by atoms with Crippen molar-refractivity contribution in [2.24, 2.45) is 0 Å². The molecule has 1 aromatic carbocycles.